The highest BCUT2D eigenvalue weighted by molar-refractivity contribution is 6.30. The predicted molar refractivity (Wildman–Crippen MR) is 77.8 cm³/mol. The van der Waals surface area contributed by atoms with E-state index in [0.29, 0.717) is 37.7 Å². The van der Waals surface area contributed by atoms with Crippen molar-refractivity contribution >= 4 is 23.4 Å². The highest BCUT2D eigenvalue weighted by Gasteiger charge is 2.34. The molecule has 3 rings (SSSR count). The molecular formula is C15H17ClN2O3. The number of carbonyl (C=O) groups is 2. The molecule has 5 nitrogen and oxygen atoms in total. The van der Waals surface area contributed by atoms with Gasteiger partial charge in [-0.15, -0.1) is 0 Å². The molecule has 2 atom stereocenters. The van der Waals surface area contributed by atoms with Gasteiger partial charge in [0.1, 0.15) is 6.10 Å². The molecular weight excluding hydrogens is 292 g/mol. The van der Waals surface area contributed by atoms with E-state index in [9.17, 15) is 9.59 Å². The molecule has 112 valence electrons. The number of carbonyl (C=O) groups excluding carboxylic acids is 2. The van der Waals surface area contributed by atoms with Crippen molar-refractivity contribution < 1.29 is 14.3 Å². The maximum atomic E-state index is 12.4. The number of ether oxygens (including phenoxy) is 1. The molecule has 0 aromatic heterocycles. The summed E-state index contributed by atoms with van der Waals surface area (Å²) in [6, 6.07) is 7.48. The van der Waals surface area contributed by atoms with E-state index >= 15 is 0 Å². The Morgan fingerprint density at radius 2 is 2.10 bits per heavy atom. The number of rotatable bonds is 2. The molecule has 2 amide bonds. The lowest BCUT2D eigenvalue weighted by molar-refractivity contribution is -0.143. The van der Waals surface area contributed by atoms with Gasteiger partial charge in [0, 0.05) is 24.5 Å². The number of hydrogen-bond donors (Lipinski definition) is 1. The third-order valence-electron chi connectivity index (χ3n) is 3.95. The minimum absolute atomic E-state index is 0.0376. The summed E-state index contributed by atoms with van der Waals surface area (Å²) in [6.07, 6.45) is 0.159. The van der Waals surface area contributed by atoms with Gasteiger partial charge in [-0.05, 0) is 17.7 Å². The van der Waals surface area contributed by atoms with Gasteiger partial charge < -0.3 is 15.0 Å². The number of nitrogens with zero attached hydrogens (tertiary/aromatic N) is 1. The van der Waals surface area contributed by atoms with Gasteiger partial charge in [0.2, 0.25) is 11.8 Å². The third-order valence-corrected chi connectivity index (χ3v) is 4.20. The third kappa shape index (κ3) is 3.19. The second-order valence-corrected chi connectivity index (χ2v) is 5.84. The van der Waals surface area contributed by atoms with Crippen LogP contribution in [0.25, 0.3) is 0 Å². The summed E-state index contributed by atoms with van der Waals surface area (Å²) in [5.74, 6) is -0.243. The van der Waals surface area contributed by atoms with Crippen molar-refractivity contribution in [2.24, 2.45) is 5.92 Å². The maximum Gasteiger partial charge on any atom is 0.228 e. The van der Waals surface area contributed by atoms with Crippen molar-refractivity contribution in [1.29, 1.82) is 0 Å². The van der Waals surface area contributed by atoms with Crippen molar-refractivity contribution in [3.05, 3.63) is 34.9 Å². The Balaban J connectivity index is 1.66. The number of benzene rings is 1. The largest absolute Gasteiger partial charge is 0.370 e. The fourth-order valence-corrected chi connectivity index (χ4v) is 2.89. The summed E-state index contributed by atoms with van der Waals surface area (Å²) in [5.41, 5.74) is 1.01. The van der Waals surface area contributed by atoms with E-state index in [2.05, 4.69) is 5.32 Å². The smallest absolute Gasteiger partial charge is 0.228 e. The first-order valence-corrected chi connectivity index (χ1v) is 7.44. The lowest BCUT2D eigenvalue weighted by atomic mass is 10.0. The van der Waals surface area contributed by atoms with E-state index in [-0.39, 0.29) is 23.8 Å². The van der Waals surface area contributed by atoms with Gasteiger partial charge in [0.05, 0.1) is 19.1 Å². The van der Waals surface area contributed by atoms with Crippen molar-refractivity contribution in [3.8, 4) is 0 Å². The monoisotopic (exact) mass is 308 g/mol. The SMILES string of the molecule is O=C1CC(C(=O)N2CCOC(c3ccc(Cl)cc3)C2)CN1. The molecule has 0 bridgehead atoms. The molecule has 1 aromatic carbocycles. The topological polar surface area (TPSA) is 58.6 Å². The van der Waals surface area contributed by atoms with Crippen LogP contribution in [0, 0.1) is 5.92 Å². The molecule has 0 radical (unpaired) electrons. The van der Waals surface area contributed by atoms with Crippen LogP contribution >= 0.6 is 11.6 Å². The zero-order valence-corrected chi connectivity index (χ0v) is 12.3. The molecule has 2 fully saturated rings. The van der Waals surface area contributed by atoms with Crippen LogP contribution in [-0.2, 0) is 14.3 Å². The normalized spacial score (nSPS) is 25.8. The molecule has 0 spiro atoms. The average Bonchev–Trinajstić information content (AvgIpc) is 2.94. The molecule has 21 heavy (non-hydrogen) atoms. The molecule has 0 saturated carbocycles. The van der Waals surface area contributed by atoms with Crippen LogP contribution in [0.5, 0.6) is 0 Å². The van der Waals surface area contributed by atoms with Crippen molar-refractivity contribution in [3.63, 3.8) is 0 Å². The standard InChI is InChI=1S/C15H17ClN2O3/c16-12-3-1-10(2-4-12)13-9-18(5-6-21-13)15(20)11-7-14(19)17-8-11/h1-4,11,13H,5-9H2,(H,17,19). The van der Waals surface area contributed by atoms with E-state index in [0.717, 1.165) is 5.56 Å². The van der Waals surface area contributed by atoms with Gasteiger partial charge in [-0.1, -0.05) is 23.7 Å². The summed E-state index contributed by atoms with van der Waals surface area (Å²) in [5, 5.41) is 3.39. The first-order chi connectivity index (χ1) is 10.1. The first kappa shape index (κ1) is 14.4. The molecule has 0 aliphatic carbocycles. The Morgan fingerprint density at radius 3 is 2.76 bits per heavy atom. The Bertz CT molecular complexity index is 546. The summed E-state index contributed by atoms with van der Waals surface area (Å²) >= 11 is 5.89. The Morgan fingerprint density at radius 1 is 1.33 bits per heavy atom. The van der Waals surface area contributed by atoms with Crippen LogP contribution in [0.1, 0.15) is 18.1 Å². The fourth-order valence-electron chi connectivity index (χ4n) is 2.77. The lowest BCUT2D eigenvalue weighted by Crippen LogP contribution is -2.45. The fraction of sp³-hybridized carbons (Fsp3) is 0.467. The molecule has 1 N–H and O–H groups in total. The number of halogens is 1. The van der Waals surface area contributed by atoms with Crippen LogP contribution in [0.4, 0.5) is 0 Å². The van der Waals surface area contributed by atoms with Gasteiger partial charge in [-0.2, -0.15) is 0 Å². The van der Waals surface area contributed by atoms with Crippen LogP contribution in [-0.4, -0.2) is 43.0 Å². The highest BCUT2D eigenvalue weighted by atomic mass is 35.5. The van der Waals surface area contributed by atoms with Gasteiger partial charge in [-0.25, -0.2) is 0 Å². The second kappa shape index (κ2) is 6.03. The predicted octanol–water partition coefficient (Wildman–Crippen LogP) is 1.38. The van der Waals surface area contributed by atoms with E-state index in [1.807, 2.05) is 24.3 Å². The van der Waals surface area contributed by atoms with Gasteiger partial charge in [0.15, 0.2) is 0 Å². The number of morpholine rings is 1. The summed E-state index contributed by atoms with van der Waals surface area (Å²) in [4.78, 5) is 25.5. The molecule has 6 heteroatoms. The van der Waals surface area contributed by atoms with Crippen molar-refractivity contribution in [2.75, 3.05) is 26.2 Å². The zero-order valence-electron chi connectivity index (χ0n) is 11.5. The Labute approximate surface area is 128 Å². The van der Waals surface area contributed by atoms with Gasteiger partial charge >= 0.3 is 0 Å². The molecule has 2 saturated heterocycles. The van der Waals surface area contributed by atoms with E-state index in [1.165, 1.54) is 0 Å². The minimum Gasteiger partial charge on any atom is -0.370 e. The zero-order chi connectivity index (χ0) is 14.8. The number of nitrogens with one attached hydrogen (secondary N) is 1. The Kier molecular flexibility index (Phi) is 4.12. The highest BCUT2D eigenvalue weighted by Crippen LogP contribution is 2.25. The molecule has 1 aromatic rings. The first-order valence-electron chi connectivity index (χ1n) is 7.06. The van der Waals surface area contributed by atoms with E-state index in [1.54, 1.807) is 4.90 Å². The molecule has 2 aliphatic rings. The Hall–Kier alpha value is -1.59. The van der Waals surface area contributed by atoms with E-state index in [4.69, 9.17) is 16.3 Å². The number of amides is 2. The summed E-state index contributed by atoms with van der Waals surface area (Å²) in [7, 11) is 0. The molecule has 2 aliphatic heterocycles. The minimum atomic E-state index is -0.235. The van der Waals surface area contributed by atoms with Gasteiger partial charge in [-0.3, -0.25) is 9.59 Å². The average molecular weight is 309 g/mol. The van der Waals surface area contributed by atoms with Gasteiger partial charge in [0.25, 0.3) is 0 Å². The number of hydrogen-bond acceptors (Lipinski definition) is 3. The van der Waals surface area contributed by atoms with Crippen molar-refractivity contribution in [1.82, 2.24) is 10.2 Å². The van der Waals surface area contributed by atoms with Crippen molar-refractivity contribution in [2.45, 2.75) is 12.5 Å². The maximum absolute atomic E-state index is 12.4. The van der Waals surface area contributed by atoms with Crippen LogP contribution in [0.15, 0.2) is 24.3 Å². The van der Waals surface area contributed by atoms with Crippen LogP contribution in [0.2, 0.25) is 5.02 Å². The molecule has 2 heterocycles. The lowest BCUT2D eigenvalue weighted by Gasteiger charge is -2.34. The van der Waals surface area contributed by atoms with E-state index < -0.39 is 0 Å². The second-order valence-electron chi connectivity index (χ2n) is 5.40. The quantitative estimate of drug-likeness (QED) is 0.898. The molecule has 2 unspecified atom stereocenters. The summed E-state index contributed by atoms with van der Waals surface area (Å²) < 4.78 is 5.75. The van der Waals surface area contributed by atoms with Crippen LogP contribution < -0.4 is 5.32 Å². The van der Waals surface area contributed by atoms with Crippen LogP contribution in [0.3, 0.4) is 0 Å². The summed E-state index contributed by atoms with van der Waals surface area (Å²) in [6.45, 7) is 2.05.